The summed E-state index contributed by atoms with van der Waals surface area (Å²) in [7, 11) is 1.59. The predicted molar refractivity (Wildman–Crippen MR) is 119 cm³/mol. The molecule has 7 heteroatoms. The Kier molecular flexibility index (Phi) is 7.72. The van der Waals surface area contributed by atoms with Crippen LogP contribution in [0, 0.1) is 11.3 Å². The molecular weight excluding hydrogens is 408 g/mol. The van der Waals surface area contributed by atoms with Crippen molar-refractivity contribution in [3.8, 4) is 17.6 Å². The summed E-state index contributed by atoms with van der Waals surface area (Å²) in [6.45, 7) is 3.82. The van der Waals surface area contributed by atoms with Gasteiger partial charge in [0.05, 0.1) is 25.3 Å². The molecule has 1 fully saturated rings. The van der Waals surface area contributed by atoms with E-state index < -0.39 is 0 Å². The van der Waals surface area contributed by atoms with Gasteiger partial charge in [0, 0.05) is 24.4 Å². The van der Waals surface area contributed by atoms with Crippen molar-refractivity contribution < 1.29 is 23.8 Å². The molecule has 3 unspecified atom stereocenters. The number of ether oxygens (including phenoxy) is 3. The van der Waals surface area contributed by atoms with Gasteiger partial charge in [-0.3, -0.25) is 9.59 Å². The molecule has 1 aliphatic carbocycles. The van der Waals surface area contributed by atoms with Gasteiger partial charge in [-0.05, 0) is 68.1 Å². The minimum Gasteiger partial charge on any atom is -0.493 e. The monoisotopic (exact) mass is 436 g/mol. The Morgan fingerprint density at radius 3 is 2.50 bits per heavy atom. The number of nitrogens with zero attached hydrogens (tertiary/aromatic N) is 1. The normalized spacial score (nSPS) is 20.0. The number of hydrogen-bond donors (Lipinski definition) is 1. The maximum absolute atomic E-state index is 12.9. The summed E-state index contributed by atoms with van der Waals surface area (Å²) in [5.74, 6) is 0.702. The second-order valence-corrected chi connectivity index (χ2v) is 7.76. The molecular formula is C25H28N2O5. The highest BCUT2D eigenvalue weighted by Gasteiger charge is 2.34. The first-order valence-electron chi connectivity index (χ1n) is 10.7. The highest BCUT2D eigenvalue weighted by atomic mass is 16.5. The molecule has 7 nitrogen and oxygen atoms in total. The molecule has 3 atom stereocenters. The number of amides is 1. The van der Waals surface area contributed by atoms with Crippen molar-refractivity contribution in [3.63, 3.8) is 0 Å². The summed E-state index contributed by atoms with van der Waals surface area (Å²) in [5.41, 5.74) is 1.98. The number of nitriles is 1. The van der Waals surface area contributed by atoms with Crippen molar-refractivity contribution >= 4 is 11.9 Å². The second-order valence-electron chi connectivity index (χ2n) is 7.76. The SMILES string of the molecule is CCOc1cc(C2CC(OC(C)=O)CCC2NC(=O)c2ccc(C#N)cc2)ccc1OC. The van der Waals surface area contributed by atoms with Crippen LogP contribution in [-0.2, 0) is 9.53 Å². The number of nitrogens with one attached hydrogen (secondary N) is 1. The van der Waals surface area contributed by atoms with E-state index in [0.29, 0.717) is 48.5 Å². The minimum atomic E-state index is -0.307. The number of carbonyl (C=O) groups is 2. The minimum absolute atomic E-state index is 0.0689. The third kappa shape index (κ3) is 5.58. The maximum atomic E-state index is 12.9. The lowest BCUT2D eigenvalue weighted by Gasteiger charge is -2.36. The Morgan fingerprint density at radius 1 is 1.12 bits per heavy atom. The van der Waals surface area contributed by atoms with Gasteiger partial charge in [-0.1, -0.05) is 6.07 Å². The Morgan fingerprint density at radius 2 is 1.88 bits per heavy atom. The van der Waals surface area contributed by atoms with Gasteiger partial charge in [0.1, 0.15) is 6.10 Å². The van der Waals surface area contributed by atoms with Gasteiger partial charge in [0.2, 0.25) is 0 Å². The van der Waals surface area contributed by atoms with Crippen molar-refractivity contribution in [2.24, 2.45) is 0 Å². The third-order valence-electron chi connectivity index (χ3n) is 5.64. The van der Waals surface area contributed by atoms with Gasteiger partial charge in [0.25, 0.3) is 5.91 Å². The lowest BCUT2D eigenvalue weighted by molar-refractivity contribution is -0.148. The van der Waals surface area contributed by atoms with Crippen LogP contribution in [0.3, 0.4) is 0 Å². The molecule has 0 saturated heterocycles. The van der Waals surface area contributed by atoms with Crippen LogP contribution >= 0.6 is 0 Å². The van der Waals surface area contributed by atoms with Crippen LogP contribution in [0.4, 0.5) is 0 Å². The molecule has 0 aromatic heterocycles. The van der Waals surface area contributed by atoms with E-state index in [4.69, 9.17) is 19.5 Å². The van der Waals surface area contributed by atoms with Gasteiger partial charge in [-0.15, -0.1) is 0 Å². The number of methoxy groups -OCH3 is 1. The van der Waals surface area contributed by atoms with E-state index in [-0.39, 0.29) is 29.9 Å². The van der Waals surface area contributed by atoms with Gasteiger partial charge < -0.3 is 19.5 Å². The lowest BCUT2D eigenvalue weighted by Crippen LogP contribution is -2.44. The first-order chi connectivity index (χ1) is 15.4. The Hall–Kier alpha value is -3.53. The van der Waals surface area contributed by atoms with Crippen molar-refractivity contribution in [2.45, 2.75) is 51.2 Å². The van der Waals surface area contributed by atoms with Crippen molar-refractivity contribution in [1.29, 1.82) is 5.26 Å². The van der Waals surface area contributed by atoms with E-state index in [1.165, 1.54) is 6.92 Å². The molecule has 32 heavy (non-hydrogen) atoms. The second kappa shape index (κ2) is 10.7. The van der Waals surface area contributed by atoms with Crippen LogP contribution in [0.25, 0.3) is 0 Å². The van der Waals surface area contributed by atoms with Gasteiger partial charge in [0.15, 0.2) is 11.5 Å². The molecule has 1 saturated carbocycles. The van der Waals surface area contributed by atoms with Crippen LogP contribution in [0.2, 0.25) is 0 Å². The summed E-state index contributed by atoms with van der Waals surface area (Å²) in [4.78, 5) is 24.4. The Labute approximate surface area is 188 Å². The summed E-state index contributed by atoms with van der Waals surface area (Å²) < 4.78 is 16.6. The van der Waals surface area contributed by atoms with Crippen LogP contribution in [0.5, 0.6) is 11.5 Å². The quantitative estimate of drug-likeness (QED) is 0.660. The van der Waals surface area contributed by atoms with E-state index >= 15 is 0 Å². The van der Waals surface area contributed by atoms with Crippen molar-refractivity contribution in [1.82, 2.24) is 5.32 Å². The van der Waals surface area contributed by atoms with E-state index in [1.807, 2.05) is 25.1 Å². The van der Waals surface area contributed by atoms with Crippen molar-refractivity contribution in [2.75, 3.05) is 13.7 Å². The average molecular weight is 437 g/mol. The first-order valence-corrected chi connectivity index (χ1v) is 10.7. The van der Waals surface area contributed by atoms with Crippen LogP contribution in [0.15, 0.2) is 42.5 Å². The molecule has 2 aromatic rings. The molecule has 0 heterocycles. The first kappa shape index (κ1) is 23.1. The van der Waals surface area contributed by atoms with E-state index in [1.54, 1.807) is 31.4 Å². The van der Waals surface area contributed by atoms with Gasteiger partial charge in [-0.25, -0.2) is 0 Å². The average Bonchev–Trinajstić information content (AvgIpc) is 2.80. The molecule has 0 aliphatic heterocycles. The van der Waals surface area contributed by atoms with Gasteiger partial charge in [-0.2, -0.15) is 5.26 Å². The molecule has 1 amide bonds. The molecule has 0 bridgehead atoms. The largest absolute Gasteiger partial charge is 0.493 e. The number of carbonyl (C=O) groups excluding carboxylic acids is 2. The van der Waals surface area contributed by atoms with Crippen molar-refractivity contribution in [3.05, 3.63) is 59.2 Å². The summed E-state index contributed by atoms with van der Waals surface area (Å²) >= 11 is 0. The van der Waals surface area contributed by atoms with Crippen LogP contribution in [0.1, 0.15) is 60.5 Å². The summed E-state index contributed by atoms with van der Waals surface area (Å²) in [6.07, 6.45) is 1.72. The fraction of sp³-hybridized carbons (Fsp3) is 0.400. The fourth-order valence-electron chi connectivity index (χ4n) is 4.15. The van der Waals surface area contributed by atoms with E-state index in [9.17, 15) is 9.59 Å². The molecule has 1 aliphatic rings. The number of benzene rings is 2. The highest BCUT2D eigenvalue weighted by Crippen LogP contribution is 2.38. The molecule has 1 N–H and O–H groups in total. The summed E-state index contributed by atoms with van der Waals surface area (Å²) in [5, 5.41) is 12.1. The Bertz CT molecular complexity index is 996. The standard InChI is InChI=1S/C25H28N2O5/c1-4-31-24-13-19(9-12-23(24)30-3)21-14-20(32-16(2)28)10-11-22(21)27-25(29)18-7-5-17(15-26)6-8-18/h5-9,12-13,20-22H,4,10-11,14H2,1-3H3,(H,27,29). The number of esters is 1. The smallest absolute Gasteiger partial charge is 0.302 e. The predicted octanol–water partition coefficient (Wildman–Crippen LogP) is 3.96. The molecule has 2 aromatic carbocycles. The van der Waals surface area contributed by atoms with Crippen LogP contribution in [-0.4, -0.2) is 37.7 Å². The third-order valence-corrected chi connectivity index (χ3v) is 5.64. The molecule has 3 rings (SSSR count). The maximum Gasteiger partial charge on any atom is 0.302 e. The zero-order valence-corrected chi connectivity index (χ0v) is 18.6. The highest BCUT2D eigenvalue weighted by molar-refractivity contribution is 5.94. The number of rotatable bonds is 7. The van der Waals surface area contributed by atoms with E-state index in [0.717, 1.165) is 5.56 Å². The Balaban J connectivity index is 1.86. The molecule has 0 radical (unpaired) electrons. The topological polar surface area (TPSA) is 97.6 Å². The fourth-order valence-corrected chi connectivity index (χ4v) is 4.15. The van der Waals surface area contributed by atoms with Gasteiger partial charge >= 0.3 is 5.97 Å². The zero-order valence-electron chi connectivity index (χ0n) is 18.6. The zero-order chi connectivity index (χ0) is 23.1. The number of hydrogen-bond acceptors (Lipinski definition) is 6. The summed E-state index contributed by atoms with van der Waals surface area (Å²) in [6, 6.07) is 14.2. The molecule has 168 valence electrons. The van der Waals surface area contributed by atoms with Crippen LogP contribution < -0.4 is 14.8 Å². The lowest BCUT2D eigenvalue weighted by atomic mass is 9.78. The van der Waals surface area contributed by atoms with E-state index in [2.05, 4.69) is 11.4 Å². The molecule has 0 spiro atoms.